The summed E-state index contributed by atoms with van der Waals surface area (Å²) >= 11 is -0.227. The summed E-state index contributed by atoms with van der Waals surface area (Å²) in [6.07, 6.45) is 0. The van der Waals surface area contributed by atoms with Gasteiger partial charge in [0.1, 0.15) is 5.82 Å². The lowest BCUT2D eigenvalue weighted by Crippen LogP contribution is -2.15. The molecule has 0 spiro atoms. The lowest BCUT2D eigenvalue weighted by Gasteiger charge is -2.07. The molecule has 9 heteroatoms. The molecule has 0 unspecified atom stereocenters. The average molecular weight is 316 g/mol. The normalized spacial score (nSPS) is 11.5. The molecule has 2 aromatic rings. The Morgan fingerprint density at radius 1 is 1.29 bits per heavy atom. The largest absolute Gasteiger partial charge is 0.446 e. The molecular formula is C12H11F3N4OS. The second kappa shape index (κ2) is 5.76. The number of halogens is 3. The molecule has 0 radical (unpaired) electrons. The summed E-state index contributed by atoms with van der Waals surface area (Å²) in [6.45, 7) is 1.68. The van der Waals surface area contributed by atoms with Crippen molar-refractivity contribution in [3.8, 4) is 0 Å². The first-order valence-corrected chi connectivity index (χ1v) is 6.61. The SMILES string of the molecule is Cc1nc(NC(=O)c2ccc(SC(F)(F)F)cc2)n(C)n1. The molecule has 0 saturated heterocycles. The number of benzene rings is 1. The van der Waals surface area contributed by atoms with Crippen LogP contribution in [0.15, 0.2) is 29.2 Å². The van der Waals surface area contributed by atoms with Crippen molar-refractivity contribution in [3.05, 3.63) is 35.7 Å². The Kier molecular flexibility index (Phi) is 4.21. The van der Waals surface area contributed by atoms with Gasteiger partial charge in [0.15, 0.2) is 0 Å². The number of carbonyl (C=O) groups excluding carboxylic acids is 1. The van der Waals surface area contributed by atoms with Gasteiger partial charge in [0.2, 0.25) is 5.95 Å². The van der Waals surface area contributed by atoms with Crippen LogP contribution >= 0.6 is 11.8 Å². The molecule has 0 fully saturated rings. The standard InChI is InChI=1S/C12H11F3N4OS/c1-7-16-11(19(2)18-7)17-10(20)8-3-5-9(6-4-8)21-12(13,14)15/h3-6H,1-2H3,(H,16,17,18,20). The number of rotatable bonds is 3. The molecule has 0 aliphatic heterocycles. The van der Waals surface area contributed by atoms with E-state index in [9.17, 15) is 18.0 Å². The van der Waals surface area contributed by atoms with Gasteiger partial charge < -0.3 is 0 Å². The molecule has 5 nitrogen and oxygen atoms in total. The van der Waals surface area contributed by atoms with E-state index in [0.717, 1.165) is 0 Å². The van der Waals surface area contributed by atoms with Gasteiger partial charge in [0.05, 0.1) is 0 Å². The average Bonchev–Trinajstić information content (AvgIpc) is 2.66. The number of alkyl halides is 3. The first-order chi connectivity index (χ1) is 9.74. The van der Waals surface area contributed by atoms with E-state index in [4.69, 9.17) is 0 Å². The maximum atomic E-state index is 12.2. The van der Waals surface area contributed by atoms with E-state index in [1.54, 1.807) is 14.0 Å². The molecular weight excluding hydrogens is 305 g/mol. The third kappa shape index (κ3) is 4.22. The highest BCUT2D eigenvalue weighted by Crippen LogP contribution is 2.36. The van der Waals surface area contributed by atoms with Gasteiger partial charge in [-0.3, -0.25) is 10.1 Å². The Morgan fingerprint density at radius 3 is 2.38 bits per heavy atom. The number of amides is 1. The van der Waals surface area contributed by atoms with Gasteiger partial charge in [-0.2, -0.15) is 23.3 Å². The van der Waals surface area contributed by atoms with Gasteiger partial charge >= 0.3 is 5.51 Å². The number of anilines is 1. The zero-order chi connectivity index (χ0) is 15.6. The Labute approximate surface area is 122 Å². The Hall–Kier alpha value is -2.03. The maximum absolute atomic E-state index is 12.2. The van der Waals surface area contributed by atoms with Crippen molar-refractivity contribution in [1.29, 1.82) is 0 Å². The third-order valence-corrected chi connectivity index (χ3v) is 3.18. The summed E-state index contributed by atoms with van der Waals surface area (Å²) in [5.74, 6) is 0.310. The molecule has 0 atom stereocenters. The molecule has 1 aromatic heterocycles. The second-order valence-corrected chi connectivity index (χ2v) is 5.27. The number of hydrogen-bond acceptors (Lipinski definition) is 4. The number of nitrogens with one attached hydrogen (secondary N) is 1. The van der Waals surface area contributed by atoms with Crippen LogP contribution in [-0.2, 0) is 7.05 Å². The van der Waals surface area contributed by atoms with Gasteiger partial charge in [0, 0.05) is 17.5 Å². The van der Waals surface area contributed by atoms with Crippen LogP contribution in [0.25, 0.3) is 0 Å². The molecule has 0 bridgehead atoms. The summed E-state index contributed by atoms with van der Waals surface area (Å²) < 4.78 is 38.0. The number of thioether (sulfide) groups is 1. The number of carbonyl (C=O) groups is 1. The van der Waals surface area contributed by atoms with E-state index in [0.29, 0.717) is 5.82 Å². The highest BCUT2D eigenvalue weighted by Gasteiger charge is 2.29. The first-order valence-electron chi connectivity index (χ1n) is 5.79. The number of hydrogen-bond donors (Lipinski definition) is 1. The molecule has 1 aromatic carbocycles. The van der Waals surface area contributed by atoms with Crippen LogP contribution in [0.3, 0.4) is 0 Å². The van der Waals surface area contributed by atoms with E-state index in [-0.39, 0.29) is 28.2 Å². The summed E-state index contributed by atoms with van der Waals surface area (Å²) in [7, 11) is 1.62. The summed E-state index contributed by atoms with van der Waals surface area (Å²) in [4.78, 5) is 16.0. The van der Waals surface area contributed by atoms with Crippen LogP contribution in [0.2, 0.25) is 0 Å². The first kappa shape index (κ1) is 15.4. The number of aryl methyl sites for hydroxylation is 2. The maximum Gasteiger partial charge on any atom is 0.446 e. The van der Waals surface area contributed by atoms with Crippen molar-refractivity contribution in [1.82, 2.24) is 14.8 Å². The molecule has 1 amide bonds. The quantitative estimate of drug-likeness (QED) is 0.884. The second-order valence-electron chi connectivity index (χ2n) is 4.13. The lowest BCUT2D eigenvalue weighted by atomic mass is 10.2. The van der Waals surface area contributed by atoms with Crippen LogP contribution in [-0.4, -0.2) is 26.2 Å². The minimum Gasteiger partial charge on any atom is -0.291 e. The van der Waals surface area contributed by atoms with E-state index >= 15 is 0 Å². The lowest BCUT2D eigenvalue weighted by molar-refractivity contribution is -0.0328. The van der Waals surface area contributed by atoms with Crippen molar-refractivity contribution in [3.63, 3.8) is 0 Å². The fraction of sp³-hybridized carbons (Fsp3) is 0.250. The fourth-order valence-electron chi connectivity index (χ4n) is 1.60. The zero-order valence-corrected chi connectivity index (χ0v) is 11.9. The minimum atomic E-state index is -4.35. The molecule has 21 heavy (non-hydrogen) atoms. The summed E-state index contributed by atoms with van der Waals surface area (Å²) in [6, 6.07) is 5.14. The van der Waals surface area contributed by atoms with Crippen LogP contribution in [0.5, 0.6) is 0 Å². The Bertz CT molecular complexity index is 652. The fourth-order valence-corrected chi connectivity index (χ4v) is 2.14. The monoisotopic (exact) mass is 316 g/mol. The van der Waals surface area contributed by atoms with Crippen LogP contribution in [0.4, 0.5) is 19.1 Å². The molecule has 2 rings (SSSR count). The molecule has 0 aliphatic rings. The van der Waals surface area contributed by atoms with Gasteiger partial charge in [-0.25, -0.2) is 4.68 Å². The predicted molar refractivity (Wildman–Crippen MR) is 72.0 cm³/mol. The van der Waals surface area contributed by atoms with Crippen LogP contribution in [0.1, 0.15) is 16.2 Å². The van der Waals surface area contributed by atoms with Crippen molar-refractivity contribution < 1.29 is 18.0 Å². The van der Waals surface area contributed by atoms with Crippen molar-refractivity contribution >= 4 is 23.6 Å². The smallest absolute Gasteiger partial charge is 0.291 e. The number of aromatic nitrogens is 3. The van der Waals surface area contributed by atoms with Gasteiger partial charge in [0.25, 0.3) is 5.91 Å². The van der Waals surface area contributed by atoms with E-state index in [2.05, 4.69) is 15.4 Å². The Morgan fingerprint density at radius 2 is 1.90 bits per heavy atom. The van der Waals surface area contributed by atoms with E-state index in [1.165, 1.54) is 28.9 Å². The van der Waals surface area contributed by atoms with E-state index in [1.807, 2.05) is 0 Å². The summed E-state index contributed by atoms with van der Waals surface area (Å²) in [5.41, 5.74) is -4.11. The molecule has 0 aliphatic carbocycles. The zero-order valence-electron chi connectivity index (χ0n) is 11.1. The highest BCUT2D eigenvalue weighted by molar-refractivity contribution is 8.00. The minimum absolute atomic E-state index is 0.0218. The molecule has 1 N–H and O–H groups in total. The molecule has 0 saturated carbocycles. The summed E-state index contributed by atoms with van der Waals surface area (Å²) in [5, 5.41) is 6.51. The van der Waals surface area contributed by atoms with Gasteiger partial charge in [-0.1, -0.05) is 0 Å². The molecule has 112 valence electrons. The van der Waals surface area contributed by atoms with Crippen LogP contribution < -0.4 is 5.32 Å². The van der Waals surface area contributed by atoms with Crippen molar-refractivity contribution in [2.45, 2.75) is 17.3 Å². The predicted octanol–water partition coefficient (Wildman–Crippen LogP) is 2.99. The van der Waals surface area contributed by atoms with E-state index < -0.39 is 11.4 Å². The molecule has 1 heterocycles. The van der Waals surface area contributed by atoms with Crippen molar-refractivity contribution in [2.24, 2.45) is 7.05 Å². The third-order valence-electron chi connectivity index (χ3n) is 2.44. The Balaban J connectivity index is 2.08. The highest BCUT2D eigenvalue weighted by atomic mass is 32.2. The van der Waals surface area contributed by atoms with Gasteiger partial charge in [-0.15, -0.1) is 0 Å². The van der Waals surface area contributed by atoms with Crippen molar-refractivity contribution in [2.75, 3.05) is 5.32 Å². The van der Waals surface area contributed by atoms with Crippen LogP contribution in [0, 0.1) is 6.92 Å². The number of nitrogens with zero attached hydrogens (tertiary/aromatic N) is 3. The topological polar surface area (TPSA) is 59.8 Å². The van der Waals surface area contributed by atoms with Gasteiger partial charge in [-0.05, 0) is 43.0 Å².